The molecule has 23 heavy (non-hydrogen) atoms. The van der Waals surface area contributed by atoms with Crippen LogP contribution in [0.3, 0.4) is 0 Å². The van der Waals surface area contributed by atoms with Crippen LogP contribution < -0.4 is 5.32 Å². The summed E-state index contributed by atoms with van der Waals surface area (Å²) in [5.74, 6) is 0.192. The number of nitro benzene ring substituents is 1. The molecule has 5 heteroatoms. The third-order valence-electron chi connectivity index (χ3n) is 4.79. The lowest BCUT2D eigenvalue weighted by Crippen LogP contribution is -2.29. The van der Waals surface area contributed by atoms with Gasteiger partial charge in [0.15, 0.2) is 0 Å². The van der Waals surface area contributed by atoms with Gasteiger partial charge in [0.05, 0.1) is 11.0 Å². The fourth-order valence-corrected chi connectivity index (χ4v) is 3.70. The molecule has 0 amide bonds. The van der Waals surface area contributed by atoms with Crippen molar-refractivity contribution in [2.75, 3.05) is 5.32 Å². The van der Waals surface area contributed by atoms with Gasteiger partial charge >= 0.3 is 0 Å². The van der Waals surface area contributed by atoms with Crippen LogP contribution in [0, 0.1) is 21.8 Å². The zero-order valence-electron chi connectivity index (χ0n) is 12.3. The second-order valence-corrected chi connectivity index (χ2v) is 6.06. The van der Waals surface area contributed by atoms with E-state index in [0.717, 1.165) is 23.2 Å². The van der Waals surface area contributed by atoms with E-state index in [1.165, 1.54) is 18.2 Å². The number of rotatable bonds is 2. The zero-order chi connectivity index (χ0) is 16.0. The van der Waals surface area contributed by atoms with Gasteiger partial charge in [-0.15, -0.1) is 0 Å². The van der Waals surface area contributed by atoms with Crippen molar-refractivity contribution in [1.82, 2.24) is 0 Å². The van der Waals surface area contributed by atoms with Crippen LogP contribution in [-0.4, -0.2) is 4.92 Å². The lowest BCUT2D eigenvalue weighted by Gasteiger charge is -2.37. The number of benzene rings is 2. The number of halogens is 1. The van der Waals surface area contributed by atoms with Crippen LogP contribution in [0.2, 0.25) is 0 Å². The van der Waals surface area contributed by atoms with Crippen LogP contribution in [-0.2, 0) is 0 Å². The summed E-state index contributed by atoms with van der Waals surface area (Å²) in [6.45, 7) is 0. The summed E-state index contributed by atoms with van der Waals surface area (Å²) >= 11 is 0. The molecule has 1 N–H and O–H groups in total. The first-order valence-corrected chi connectivity index (χ1v) is 7.60. The normalized spacial score (nSPS) is 24.7. The van der Waals surface area contributed by atoms with E-state index in [0.29, 0.717) is 0 Å². The molecule has 4 nitrogen and oxygen atoms in total. The number of allylic oxidation sites excluding steroid dienone is 2. The van der Waals surface area contributed by atoms with Crippen molar-refractivity contribution in [3.63, 3.8) is 0 Å². The zero-order valence-corrected chi connectivity index (χ0v) is 12.3. The van der Waals surface area contributed by atoms with Crippen LogP contribution in [0.15, 0.2) is 54.6 Å². The summed E-state index contributed by atoms with van der Waals surface area (Å²) < 4.78 is 13.2. The number of nitrogens with zero attached hydrogens (tertiary/aromatic N) is 1. The summed E-state index contributed by atoms with van der Waals surface area (Å²) in [5, 5.41) is 14.5. The quantitative estimate of drug-likeness (QED) is 0.502. The second-order valence-electron chi connectivity index (χ2n) is 6.06. The highest BCUT2D eigenvalue weighted by Gasteiger charge is 2.38. The predicted octanol–water partition coefficient (Wildman–Crippen LogP) is 4.56. The molecular formula is C18H15FN2O2. The van der Waals surface area contributed by atoms with Gasteiger partial charge < -0.3 is 5.32 Å². The van der Waals surface area contributed by atoms with E-state index >= 15 is 0 Å². The molecule has 0 spiro atoms. The maximum atomic E-state index is 13.2. The topological polar surface area (TPSA) is 55.2 Å². The molecular weight excluding hydrogens is 295 g/mol. The van der Waals surface area contributed by atoms with Crippen LogP contribution in [0.4, 0.5) is 15.8 Å². The lowest BCUT2D eigenvalue weighted by atomic mass is 9.77. The van der Waals surface area contributed by atoms with E-state index in [-0.39, 0.29) is 34.3 Å². The maximum Gasteiger partial charge on any atom is 0.269 e. The standard InChI is InChI=1S/C18H15FN2O2/c19-12-6-4-11(5-7-12)18-15-3-1-2-14(15)16-10-13(21(22)23)8-9-17(16)20-18/h1-2,4-10,14-15,18,20H,3H2/t14-,15+,18-/m0/s1. The Morgan fingerprint density at radius 1 is 1.17 bits per heavy atom. The molecule has 1 heterocycles. The van der Waals surface area contributed by atoms with Crippen molar-refractivity contribution in [2.45, 2.75) is 18.4 Å². The van der Waals surface area contributed by atoms with Gasteiger partial charge in [-0.25, -0.2) is 4.39 Å². The first kappa shape index (κ1) is 13.9. The molecule has 3 atom stereocenters. The van der Waals surface area contributed by atoms with E-state index in [4.69, 9.17) is 0 Å². The molecule has 4 rings (SSSR count). The van der Waals surface area contributed by atoms with Gasteiger partial charge in [0.2, 0.25) is 0 Å². The number of anilines is 1. The maximum absolute atomic E-state index is 13.2. The van der Waals surface area contributed by atoms with E-state index in [1.54, 1.807) is 24.3 Å². The Bertz CT molecular complexity index is 801. The van der Waals surface area contributed by atoms with E-state index in [9.17, 15) is 14.5 Å². The molecule has 2 aromatic rings. The highest BCUT2D eigenvalue weighted by molar-refractivity contribution is 5.62. The largest absolute Gasteiger partial charge is 0.378 e. The van der Waals surface area contributed by atoms with Crippen LogP contribution in [0.5, 0.6) is 0 Å². The number of nitrogens with one attached hydrogen (secondary N) is 1. The first-order chi connectivity index (χ1) is 11.1. The molecule has 2 aliphatic rings. The van der Waals surface area contributed by atoms with Crippen molar-refractivity contribution >= 4 is 11.4 Å². The summed E-state index contributed by atoms with van der Waals surface area (Å²) in [5.41, 5.74) is 3.04. The summed E-state index contributed by atoms with van der Waals surface area (Å²) in [6.07, 6.45) is 5.16. The third-order valence-corrected chi connectivity index (χ3v) is 4.79. The van der Waals surface area contributed by atoms with Gasteiger partial charge in [-0.05, 0) is 41.7 Å². The average Bonchev–Trinajstić information content (AvgIpc) is 3.04. The molecule has 2 aromatic carbocycles. The average molecular weight is 310 g/mol. The molecule has 1 aliphatic carbocycles. The summed E-state index contributed by atoms with van der Waals surface area (Å²) in [6, 6.07) is 11.6. The number of non-ortho nitro benzene ring substituents is 1. The minimum absolute atomic E-state index is 0.0737. The Morgan fingerprint density at radius 2 is 1.96 bits per heavy atom. The van der Waals surface area contributed by atoms with Gasteiger partial charge in [-0.2, -0.15) is 0 Å². The van der Waals surface area contributed by atoms with Crippen molar-refractivity contribution < 1.29 is 9.31 Å². The second kappa shape index (κ2) is 5.19. The van der Waals surface area contributed by atoms with Gasteiger partial charge in [0.1, 0.15) is 5.82 Å². The lowest BCUT2D eigenvalue weighted by molar-refractivity contribution is -0.384. The summed E-state index contributed by atoms with van der Waals surface area (Å²) in [7, 11) is 0. The molecule has 1 aliphatic heterocycles. The van der Waals surface area contributed by atoms with Gasteiger partial charge in [-0.1, -0.05) is 24.3 Å². The Hall–Kier alpha value is -2.69. The van der Waals surface area contributed by atoms with Gasteiger partial charge in [0, 0.05) is 23.7 Å². The Morgan fingerprint density at radius 3 is 2.70 bits per heavy atom. The van der Waals surface area contributed by atoms with Crippen LogP contribution >= 0.6 is 0 Å². The van der Waals surface area contributed by atoms with E-state index < -0.39 is 0 Å². The predicted molar refractivity (Wildman–Crippen MR) is 85.8 cm³/mol. The van der Waals surface area contributed by atoms with Crippen molar-refractivity contribution in [2.24, 2.45) is 5.92 Å². The highest BCUT2D eigenvalue weighted by Crippen LogP contribution is 2.50. The smallest absolute Gasteiger partial charge is 0.269 e. The van der Waals surface area contributed by atoms with Gasteiger partial charge in [0.25, 0.3) is 5.69 Å². The molecule has 0 saturated carbocycles. The van der Waals surface area contributed by atoms with E-state index in [1.807, 2.05) is 0 Å². The Balaban J connectivity index is 1.77. The third kappa shape index (κ3) is 2.29. The first-order valence-electron chi connectivity index (χ1n) is 7.60. The number of nitro groups is 1. The van der Waals surface area contributed by atoms with Crippen LogP contribution in [0.1, 0.15) is 29.5 Å². The van der Waals surface area contributed by atoms with Crippen molar-refractivity contribution in [3.05, 3.63) is 81.7 Å². The monoisotopic (exact) mass is 310 g/mol. The number of hydrogen-bond donors (Lipinski definition) is 1. The van der Waals surface area contributed by atoms with E-state index in [2.05, 4.69) is 17.5 Å². The van der Waals surface area contributed by atoms with Crippen molar-refractivity contribution in [3.8, 4) is 0 Å². The SMILES string of the molecule is O=[N+]([O-])c1ccc2c(c1)[C@H]1C=CC[C@H]1[C@H](c1ccc(F)cc1)N2. The number of hydrogen-bond acceptors (Lipinski definition) is 3. The molecule has 0 aromatic heterocycles. The molecule has 116 valence electrons. The van der Waals surface area contributed by atoms with Crippen LogP contribution in [0.25, 0.3) is 0 Å². The molecule has 0 radical (unpaired) electrons. The molecule has 0 unspecified atom stereocenters. The minimum atomic E-state index is -0.361. The van der Waals surface area contributed by atoms with Crippen molar-refractivity contribution in [1.29, 1.82) is 0 Å². The Kier molecular flexibility index (Phi) is 3.15. The van der Waals surface area contributed by atoms with Gasteiger partial charge in [-0.3, -0.25) is 10.1 Å². The molecule has 0 saturated heterocycles. The fourth-order valence-electron chi connectivity index (χ4n) is 3.70. The fraction of sp³-hybridized carbons (Fsp3) is 0.222. The number of fused-ring (bicyclic) bond motifs is 3. The summed E-state index contributed by atoms with van der Waals surface area (Å²) in [4.78, 5) is 10.7. The minimum Gasteiger partial charge on any atom is -0.378 e. The molecule has 0 bridgehead atoms. The molecule has 0 fully saturated rings. The Labute approximate surface area is 132 Å². The highest BCUT2D eigenvalue weighted by atomic mass is 19.1.